The molecule has 118 valence electrons. The quantitative estimate of drug-likeness (QED) is 0.742. The summed E-state index contributed by atoms with van der Waals surface area (Å²) >= 11 is 0. The van der Waals surface area contributed by atoms with Gasteiger partial charge in [0.2, 0.25) is 0 Å². The summed E-state index contributed by atoms with van der Waals surface area (Å²) in [7, 11) is 2.20. The molecule has 1 aromatic carbocycles. The summed E-state index contributed by atoms with van der Waals surface area (Å²) < 4.78 is 2.35. The molecule has 1 aliphatic heterocycles. The van der Waals surface area contributed by atoms with Gasteiger partial charge in [-0.3, -0.25) is 9.47 Å². The summed E-state index contributed by atoms with van der Waals surface area (Å²) in [5.74, 6) is 1.11. The summed E-state index contributed by atoms with van der Waals surface area (Å²) in [5.41, 5.74) is 4.60. The number of hydrogen-bond donors (Lipinski definition) is 0. The van der Waals surface area contributed by atoms with Crippen molar-refractivity contribution in [2.75, 3.05) is 13.6 Å². The van der Waals surface area contributed by atoms with E-state index in [1.807, 2.05) is 12.3 Å². The number of aromatic nitrogens is 3. The van der Waals surface area contributed by atoms with Crippen molar-refractivity contribution in [1.29, 1.82) is 0 Å². The van der Waals surface area contributed by atoms with Crippen LogP contribution in [0.4, 0.5) is 0 Å². The van der Waals surface area contributed by atoms with Crippen molar-refractivity contribution < 1.29 is 0 Å². The first-order valence-corrected chi connectivity index (χ1v) is 8.30. The van der Waals surface area contributed by atoms with Gasteiger partial charge in [0.25, 0.3) is 0 Å². The molecule has 3 heterocycles. The van der Waals surface area contributed by atoms with Gasteiger partial charge >= 0.3 is 0 Å². The first-order chi connectivity index (χ1) is 11.2. The molecule has 23 heavy (non-hydrogen) atoms. The molecule has 4 nitrogen and oxygen atoms in total. The van der Waals surface area contributed by atoms with Crippen LogP contribution >= 0.6 is 0 Å². The maximum absolute atomic E-state index is 4.89. The lowest BCUT2D eigenvalue weighted by Gasteiger charge is -2.23. The number of rotatable bonds is 3. The van der Waals surface area contributed by atoms with Crippen LogP contribution in [0.15, 0.2) is 42.6 Å². The maximum Gasteiger partial charge on any atom is 0.161 e. The lowest BCUT2D eigenvalue weighted by molar-refractivity contribution is 0.238. The molecule has 0 saturated carbocycles. The van der Waals surface area contributed by atoms with Gasteiger partial charge in [0, 0.05) is 12.6 Å². The van der Waals surface area contributed by atoms with Crippen LogP contribution in [-0.2, 0) is 6.42 Å². The van der Waals surface area contributed by atoms with Crippen LogP contribution < -0.4 is 0 Å². The van der Waals surface area contributed by atoms with Crippen LogP contribution in [0.2, 0.25) is 0 Å². The highest BCUT2D eigenvalue weighted by molar-refractivity contribution is 5.71. The summed E-state index contributed by atoms with van der Waals surface area (Å²) in [6, 6.07) is 12.7. The molecule has 1 atom stereocenters. The summed E-state index contributed by atoms with van der Waals surface area (Å²) in [5, 5.41) is 0. The van der Waals surface area contributed by atoms with E-state index in [0.29, 0.717) is 6.17 Å². The number of pyridine rings is 1. The monoisotopic (exact) mass is 306 g/mol. The van der Waals surface area contributed by atoms with Crippen LogP contribution in [0.5, 0.6) is 0 Å². The third kappa shape index (κ3) is 2.63. The second kappa shape index (κ2) is 5.78. The van der Waals surface area contributed by atoms with E-state index in [9.17, 15) is 0 Å². The smallest absolute Gasteiger partial charge is 0.161 e. The Labute approximate surface area is 136 Å². The highest BCUT2D eigenvalue weighted by Crippen LogP contribution is 2.30. The van der Waals surface area contributed by atoms with Gasteiger partial charge in [-0.05, 0) is 51.1 Å². The first-order valence-electron chi connectivity index (χ1n) is 8.30. The average molecular weight is 306 g/mol. The number of hydrogen-bond acceptors (Lipinski definition) is 3. The van der Waals surface area contributed by atoms with Crippen LogP contribution in [0.1, 0.15) is 36.0 Å². The fourth-order valence-corrected chi connectivity index (χ4v) is 3.64. The third-order valence-corrected chi connectivity index (χ3v) is 4.75. The molecule has 0 radical (unpaired) electrons. The Morgan fingerprint density at radius 3 is 2.91 bits per heavy atom. The normalized spacial score (nSPS) is 18.8. The van der Waals surface area contributed by atoms with Crippen LogP contribution in [0.25, 0.3) is 11.2 Å². The highest BCUT2D eigenvalue weighted by atomic mass is 15.3. The molecule has 4 rings (SSSR count). The van der Waals surface area contributed by atoms with Crippen LogP contribution in [0, 0.1) is 6.92 Å². The van der Waals surface area contributed by atoms with Gasteiger partial charge in [-0.15, -0.1) is 0 Å². The number of imidazole rings is 1. The van der Waals surface area contributed by atoms with Crippen molar-refractivity contribution in [1.82, 2.24) is 19.4 Å². The van der Waals surface area contributed by atoms with E-state index in [1.165, 1.54) is 24.0 Å². The fourth-order valence-electron chi connectivity index (χ4n) is 3.64. The van der Waals surface area contributed by atoms with E-state index in [1.54, 1.807) is 0 Å². The molecular weight excluding hydrogens is 284 g/mol. The Hall–Kier alpha value is -2.20. The number of fused-ring (bicyclic) bond motifs is 1. The van der Waals surface area contributed by atoms with Crippen LogP contribution in [0.3, 0.4) is 0 Å². The van der Waals surface area contributed by atoms with Crippen molar-refractivity contribution in [3.8, 4) is 0 Å². The maximum atomic E-state index is 4.89. The zero-order valence-corrected chi connectivity index (χ0v) is 13.7. The molecule has 0 N–H and O–H groups in total. The summed E-state index contributed by atoms with van der Waals surface area (Å²) in [6.07, 6.45) is 5.49. The van der Waals surface area contributed by atoms with Gasteiger partial charge < -0.3 is 0 Å². The van der Waals surface area contributed by atoms with Gasteiger partial charge in [-0.1, -0.05) is 29.8 Å². The van der Waals surface area contributed by atoms with Crippen molar-refractivity contribution in [2.45, 2.75) is 32.4 Å². The second-order valence-corrected chi connectivity index (χ2v) is 6.51. The van der Waals surface area contributed by atoms with Gasteiger partial charge in [-0.25, -0.2) is 9.97 Å². The zero-order valence-electron chi connectivity index (χ0n) is 13.7. The minimum Gasteiger partial charge on any atom is -0.296 e. The minimum absolute atomic E-state index is 0.370. The average Bonchev–Trinajstić information content (AvgIpc) is 3.10. The van der Waals surface area contributed by atoms with Crippen molar-refractivity contribution >= 4 is 11.2 Å². The van der Waals surface area contributed by atoms with E-state index in [0.717, 1.165) is 30.0 Å². The molecule has 3 aromatic rings. The largest absolute Gasteiger partial charge is 0.296 e. The predicted octanol–water partition coefficient (Wildman–Crippen LogP) is 3.55. The fraction of sp³-hybridized carbons (Fsp3) is 0.368. The molecule has 0 bridgehead atoms. The number of aryl methyl sites for hydroxylation is 1. The number of likely N-dealkylation sites (tertiary alicyclic amines) is 1. The lowest BCUT2D eigenvalue weighted by Crippen LogP contribution is -2.25. The SMILES string of the molecule is Cc1cccc(Cc2nc3cccnc3n2C2CCCN2C)c1. The van der Waals surface area contributed by atoms with E-state index >= 15 is 0 Å². The zero-order chi connectivity index (χ0) is 15.8. The lowest BCUT2D eigenvalue weighted by atomic mass is 10.1. The Morgan fingerprint density at radius 2 is 2.13 bits per heavy atom. The Bertz CT molecular complexity index is 836. The molecule has 1 unspecified atom stereocenters. The standard InChI is InChI=1S/C19H22N4/c1-14-6-3-7-15(12-14)13-17-21-16-8-4-10-20-19(16)23(17)18-9-5-11-22(18)2/h3-4,6-8,10,12,18H,5,9,11,13H2,1-2H3. The first kappa shape index (κ1) is 14.4. The molecule has 0 spiro atoms. The summed E-state index contributed by atoms with van der Waals surface area (Å²) in [4.78, 5) is 11.9. The molecule has 0 amide bonds. The van der Waals surface area contributed by atoms with E-state index in [2.05, 4.69) is 58.8 Å². The topological polar surface area (TPSA) is 34.0 Å². The molecule has 4 heteroatoms. The summed E-state index contributed by atoms with van der Waals surface area (Å²) in [6.45, 7) is 3.28. The molecule has 1 fully saturated rings. The minimum atomic E-state index is 0.370. The molecule has 1 saturated heterocycles. The molecule has 2 aromatic heterocycles. The Morgan fingerprint density at radius 1 is 1.22 bits per heavy atom. The number of benzene rings is 1. The van der Waals surface area contributed by atoms with Gasteiger partial charge in [-0.2, -0.15) is 0 Å². The van der Waals surface area contributed by atoms with Gasteiger partial charge in [0.1, 0.15) is 11.3 Å². The molecule has 1 aliphatic rings. The molecule has 0 aliphatic carbocycles. The second-order valence-electron chi connectivity index (χ2n) is 6.51. The Kier molecular flexibility index (Phi) is 3.62. The number of nitrogens with zero attached hydrogens (tertiary/aromatic N) is 4. The Balaban J connectivity index is 1.82. The van der Waals surface area contributed by atoms with E-state index in [4.69, 9.17) is 4.98 Å². The van der Waals surface area contributed by atoms with E-state index in [-0.39, 0.29) is 0 Å². The molecular formula is C19H22N4. The van der Waals surface area contributed by atoms with Crippen molar-refractivity contribution in [2.24, 2.45) is 0 Å². The third-order valence-electron chi connectivity index (χ3n) is 4.75. The van der Waals surface area contributed by atoms with Crippen LogP contribution in [-0.4, -0.2) is 33.0 Å². The predicted molar refractivity (Wildman–Crippen MR) is 92.4 cm³/mol. The van der Waals surface area contributed by atoms with Crippen molar-refractivity contribution in [3.05, 3.63) is 59.5 Å². The van der Waals surface area contributed by atoms with E-state index < -0.39 is 0 Å². The van der Waals surface area contributed by atoms with Gasteiger partial charge in [0.05, 0.1) is 6.17 Å². The van der Waals surface area contributed by atoms with Gasteiger partial charge in [0.15, 0.2) is 5.65 Å². The van der Waals surface area contributed by atoms with Crippen molar-refractivity contribution in [3.63, 3.8) is 0 Å². The highest BCUT2D eigenvalue weighted by Gasteiger charge is 2.27.